The fourth-order valence-corrected chi connectivity index (χ4v) is 2.93. The van der Waals surface area contributed by atoms with E-state index >= 15 is 0 Å². The van der Waals surface area contributed by atoms with E-state index in [0.29, 0.717) is 12.0 Å². The van der Waals surface area contributed by atoms with Gasteiger partial charge in [0.25, 0.3) is 0 Å². The van der Waals surface area contributed by atoms with E-state index in [1.165, 1.54) is 16.8 Å². The van der Waals surface area contributed by atoms with Crippen molar-refractivity contribution < 1.29 is 4.74 Å². The summed E-state index contributed by atoms with van der Waals surface area (Å²) in [6.07, 6.45) is 2.86. The lowest BCUT2D eigenvalue weighted by molar-refractivity contribution is 0.356. The van der Waals surface area contributed by atoms with Crippen LogP contribution in [0.2, 0.25) is 0 Å². The van der Waals surface area contributed by atoms with Crippen molar-refractivity contribution in [3.63, 3.8) is 0 Å². The van der Waals surface area contributed by atoms with E-state index in [1.54, 1.807) is 0 Å². The number of nitrogens with zero attached hydrogens (tertiary/aromatic N) is 2. The van der Waals surface area contributed by atoms with Crippen LogP contribution in [0.15, 0.2) is 30.5 Å². The predicted octanol–water partition coefficient (Wildman–Crippen LogP) is 2.84. The minimum absolute atomic E-state index is 0.339. The number of hydrogen-bond acceptors (Lipinski definition) is 3. The molecule has 3 rings (SSSR count). The highest BCUT2D eigenvalue weighted by molar-refractivity contribution is 5.41. The standard InChI is InChI=1S/C17H23N3O/c1-12(2)17(18-11-15-6-8-19-20(15)3)14-4-5-16-13(10-14)7-9-21-16/h4-6,8,10,12,17-18H,7,9,11H2,1-3H3/t17-/m0/s1. The van der Waals surface area contributed by atoms with Crippen LogP contribution in [0.25, 0.3) is 0 Å². The molecule has 0 aliphatic carbocycles. The van der Waals surface area contributed by atoms with Gasteiger partial charge in [0, 0.05) is 32.3 Å². The van der Waals surface area contributed by atoms with Gasteiger partial charge in [-0.1, -0.05) is 26.0 Å². The second-order valence-electron chi connectivity index (χ2n) is 6.01. The van der Waals surface area contributed by atoms with Gasteiger partial charge >= 0.3 is 0 Å². The maximum absolute atomic E-state index is 5.60. The minimum Gasteiger partial charge on any atom is -0.493 e. The van der Waals surface area contributed by atoms with Gasteiger partial charge in [-0.2, -0.15) is 5.10 Å². The van der Waals surface area contributed by atoms with Crippen molar-refractivity contribution in [3.8, 4) is 5.75 Å². The van der Waals surface area contributed by atoms with Gasteiger partial charge in [0.2, 0.25) is 0 Å². The van der Waals surface area contributed by atoms with Gasteiger partial charge in [-0.05, 0) is 29.2 Å². The Morgan fingerprint density at radius 2 is 2.19 bits per heavy atom. The van der Waals surface area contributed by atoms with Crippen LogP contribution in [0.4, 0.5) is 0 Å². The predicted molar refractivity (Wildman–Crippen MR) is 83.3 cm³/mol. The first kappa shape index (κ1) is 14.1. The second-order valence-corrected chi connectivity index (χ2v) is 6.01. The third-order valence-corrected chi connectivity index (χ3v) is 4.16. The molecule has 4 heteroatoms. The first-order valence-electron chi connectivity index (χ1n) is 7.61. The summed E-state index contributed by atoms with van der Waals surface area (Å²) >= 11 is 0. The third-order valence-electron chi connectivity index (χ3n) is 4.16. The van der Waals surface area contributed by atoms with Gasteiger partial charge in [-0.3, -0.25) is 4.68 Å². The molecular weight excluding hydrogens is 262 g/mol. The average molecular weight is 285 g/mol. The fourth-order valence-electron chi connectivity index (χ4n) is 2.93. The second kappa shape index (κ2) is 5.90. The van der Waals surface area contributed by atoms with Crippen LogP contribution in [0.1, 0.15) is 36.7 Å². The maximum Gasteiger partial charge on any atom is 0.122 e. The number of fused-ring (bicyclic) bond motifs is 1. The number of nitrogens with one attached hydrogen (secondary N) is 1. The molecule has 0 saturated carbocycles. The van der Waals surface area contributed by atoms with E-state index in [-0.39, 0.29) is 0 Å². The van der Waals surface area contributed by atoms with E-state index in [2.05, 4.69) is 48.5 Å². The van der Waals surface area contributed by atoms with Crippen molar-refractivity contribution in [2.75, 3.05) is 6.61 Å². The molecule has 0 unspecified atom stereocenters. The Bertz CT molecular complexity index is 618. The molecular formula is C17H23N3O. The van der Waals surface area contributed by atoms with Crippen molar-refractivity contribution in [2.24, 2.45) is 13.0 Å². The van der Waals surface area contributed by atoms with Gasteiger partial charge in [0.05, 0.1) is 12.3 Å². The molecule has 1 aromatic heterocycles. The highest BCUT2D eigenvalue weighted by atomic mass is 16.5. The molecule has 0 amide bonds. The molecule has 0 radical (unpaired) electrons. The van der Waals surface area contributed by atoms with Crippen LogP contribution in [-0.2, 0) is 20.0 Å². The molecule has 112 valence electrons. The van der Waals surface area contributed by atoms with E-state index in [0.717, 1.165) is 25.3 Å². The normalized spacial score (nSPS) is 15.0. The molecule has 1 aromatic carbocycles. The fraction of sp³-hybridized carbons (Fsp3) is 0.471. The Labute approximate surface area is 126 Å². The van der Waals surface area contributed by atoms with E-state index in [9.17, 15) is 0 Å². The van der Waals surface area contributed by atoms with Gasteiger partial charge in [0.1, 0.15) is 5.75 Å². The number of aryl methyl sites for hydroxylation is 1. The molecule has 1 atom stereocenters. The summed E-state index contributed by atoms with van der Waals surface area (Å²) in [6, 6.07) is 8.99. The molecule has 0 saturated heterocycles. The lowest BCUT2D eigenvalue weighted by Gasteiger charge is -2.23. The molecule has 4 nitrogen and oxygen atoms in total. The van der Waals surface area contributed by atoms with Crippen LogP contribution in [0, 0.1) is 5.92 Å². The van der Waals surface area contributed by atoms with Crippen LogP contribution in [-0.4, -0.2) is 16.4 Å². The van der Waals surface area contributed by atoms with E-state index in [1.807, 2.05) is 17.9 Å². The molecule has 0 spiro atoms. The Morgan fingerprint density at radius 3 is 2.90 bits per heavy atom. The highest BCUT2D eigenvalue weighted by Crippen LogP contribution is 2.30. The zero-order valence-corrected chi connectivity index (χ0v) is 13.0. The monoisotopic (exact) mass is 285 g/mol. The molecule has 1 N–H and O–H groups in total. The van der Waals surface area contributed by atoms with Gasteiger partial charge in [0.15, 0.2) is 0 Å². The molecule has 1 aliphatic rings. The number of hydrogen-bond donors (Lipinski definition) is 1. The van der Waals surface area contributed by atoms with E-state index < -0.39 is 0 Å². The van der Waals surface area contributed by atoms with Crippen molar-refractivity contribution >= 4 is 0 Å². The Kier molecular flexibility index (Phi) is 3.97. The van der Waals surface area contributed by atoms with Crippen LogP contribution >= 0.6 is 0 Å². The first-order chi connectivity index (χ1) is 10.1. The number of ether oxygens (including phenoxy) is 1. The molecule has 0 fully saturated rings. The minimum atomic E-state index is 0.339. The Balaban J connectivity index is 1.77. The van der Waals surface area contributed by atoms with Gasteiger partial charge in [-0.15, -0.1) is 0 Å². The number of rotatable bonds is 5. The lowest BCUT2D eigenvalue weighted by atomic mass is 9.94. The van der Waals surface area contributed by atoms with Crippen molar-refractivity contribution in [3.05, 3.63) is 47.3 Å². The zero-order chi connectivity index (χ0) is 14.8. The van der Waals surface area contributed by atoms with Crippen molar-refractivity contribution in [1.29, 1.82) is 0 Å². The molecule has 2 heterocycles. The van der Waals surface area contributed by atoms with Crippen LogP contribution < -0.4 is 10.1 Å². The summed E-state index contributed by atoms with van der Waals surface area (Å²) < 4.78 is 7.51. The molecule has 1 aliphatic heterocycles. The summed E-state index contributed by atoms with van der Waals surface area (Å²) in [7, 11) is 1.98. The largest absolute Gasteiger partial charge is 0.493 e. The third kappa shape index (κ3) is 2.95. The van der Waals surface area contributed by atoms with Crippen LogP contribution in [0.3, 0.4) is 0 Å². The quantitative estimate of drug-likeness (QED) is 0.918. The maximum atomic E-state index is 5.60. The number of aromatic nitrogens is 2. The van der Waals surface area contributed by atoms with E-state index in [4.69, 9.17) is 4.74 Å². The smallest absolute Gasteiger partial charge is 0.122 e. The molecule has 0 bridgehead atoms. The highest BCUT2D eigenvalue weighted by Gasteiger charge is 2.19. The Hall–Kier alpha value is -1.81. The van der Waals surface area contributed by atoms with Gasteiger partial charge in [-0.25, -0.2) is 0 Å². The summed E-state index contributed by atoms with van der Waals surface area (Å²) in [5.74, 6) is 1.58. The topological polar surface area (TPSA) is 39.1 Å². The van der Waals surface area contributed by atoms with Crippen molar-refractivity contribution in [1.82, 2.24) is 15.1 Å². The molecule has 2 aromatic rings. The lowest BCUT2D eigenvalue weighted by Crippen LogP contribution is -2.26. The van der Waals surface area contributed by atoms with Crippen molar-refractivity contribution in [2.45, 2.75) is 32.9 Å². The SMILES string of the molecule is CC(C)[C@H](NCc1ccnn1C)c1ccc2c(c1)CCO2. The Morgan fingerprint density at radius 1 is 1.33 bits per heavy atom. The number of benzene rings is 1. The zero-order valence-electron chi connectivity index (χ0n) is 13.0. The average Bonchev–Trinajstić information content (AvgIpc) is 3.07. The summed E-state index contributed by atoms with van der Waals surface area (Å²) in [6.45, 7) is 6.15. The summed E-state index contributed by atoms with van der Waals surface area (Å²) in [5.41, 5.74) is 3.88. The summed E-state index contributed by atoms with van der Waals surface area (Å²) in [4.78, 5) is 0. The van der Waals surface area contributed by atoms with Gasteiger partial charge < -0.3 is 10.1 Å². The summed E-state index contributed by atoms with van der Waals surface area (Å²) in [5, 5.41) is 7.89. The molecule has 21 heavy (non-hydrogen) atoms. The van der Waals surface area contributed by atoms with Crippen LogP contribution in [0.5, 0.6) is 5.75 Å². The first-order valence-corrected chi connectivity index (χ1v) is 7.61.